The predicted octanol–water partition coefficient (Wildman–Crippen LogP) is 2.24. The zero-order valence-electron chi connectivity index (χ0n) is 10.2. The Labute approximate surface area is 106 Å². The van der Waals surface area contributed by atoms with Crippen LogP contribution in [-0.4, -0.2) is 23.6 Å². The molecule has 0 aliphatic heterocycles. The summed E-state index contributed by atoms with van der Waals surface area (Å²) in [6, 6.07) is 0.348. The van der Waals surface area contributed by atoms with E-state index in [1.54, 1.807) is 11.3 Å². The Balaban J connectivity index is 1.62. The number of amides is 2. The van der Waals surface area contributed by atoms with E-state index in [1.807, 2.05) is 12.3 Å². The first-order valence-electron chi connectivity index (χ1n) is 6.19. The smallest absolute Gasteiger partial charge is 0.315 e. The molecule has 1 aliphatic carbocycles. The lowest BCUT2D eigenvalue weighted by Gasteiger charge is -2.12. The van der Waals surface area contributed by atoms with E-state index in [0.29, 0.717) is 12.6 Å². The average molecular weight is 253 g/mol. The van der Waals surface area contributed by atoms with Crippen LogP contribution in [0, 0.1) is 6.92 Å². The van der Waals surface area contributed by atoms with Gasteiger partial charge < -0.3 is 10.6 Å². The largest absolute Gasteiger partial charge is 0.338 e. The van der Waals surface area contributed by atoms with Gasteiger partial charge in [0, 0.05) is 24.4 Å². The summed E-state index contributed by atoms with van der Waals surface area (Å²) in [5.74, 6) is 0. The Hall–Kier alpha value is -1.10. The van der Waals surface area contributed by atoms with Crippen molar-refractivity contribution in [3.05, 3.63) is 16.1 Å². The van der Waals surface area contributed by atoms with E-state index in [4.69, 9.17) is 0 Å². The molecule has 1 aromatic rings. The molecule has 0 atom stereocenters. The second kappa shape index (κ2) is 6.00. The molecule has 1 saturated carbocycles. The minimum atomic E-state index is -0.0381. The lowest BCUT2D eigenvalue weighted by molar-refractivity contribution is 0.237. The molecule has 1 heterocycles. The summed E-state index contributed by atoms with van der Waals surface area (Å²) < 4.78 is 0. The molecular weight excluding hydrogens is 234 g/mol. The van der Waals surface area contributed by atoms with Crippen molar-refractivity contribution in [2.75, 3.05) is 6.54 Å². The first kappa shape index (κ1) is 12.4. The number of nitrogens with zero attached hydrogens (tertiary/aromatic N) is 1. The summed E-state index contributed by atoms with van der Waals surface area (Å²) in [5, 5.41) is 9.01. The number of urea groups is 1. The van der Waals surface area contributed by atoms with E-state index in [2.05, 4.69) is 15.6 Å². The Morgan fingerprint density at radius 1 is 1.53 bits per heavy atom. The van der Waals surface area contributed by atoms with Gasteiger partial charge in [0.05, 0.1) is 10.7 Å². The highest BCUT2D eigenvalue weighted by Crippen LogP contribution is 2.17. The van der Waals surface area contributed by atoms with Crippen molar-refractivity contribution >= 4 is 17.4 Å². The molecule has 1 fully saturated rings. The molecule has 1 aromatic heterocycles. The highest BCUT2D eigenvalue weighted by Gasteiger charge is 2.16. The Bertz CT molecular complexity index is 372. The molecule has 0 radical (unpaired) electrons. The van der Waals surface area contributed by atoms with Gasteiger partial charge in [-0.3, -0.25) is 0 Å². The lowest BCUT2D eigenvalue weighted by Crippen LogP contribution is -2.41. The van der Waals surface area contributed by atoms with Crippen molar-refractivity contribution in [2.24, 2.45) is 0 Å². The number of hydrogen-bond acceptors (Lipinski definition) is 3. The van der Waals surface area contributed by atoms with E-state index < -0.39 is 0 Å². The fourth-order valence-electron chi connectivity index (χ4n) is 2.13. The first-order valence-corrected chi connectivity index (χ1v) is 7.07. The molecule has 0 saturated heterocycles. The Kier molecular flexibility index (Phi) is 4.36. The second-order valence-corrected chi connectivity index (χ2v) is 5.55. The van der Waals surface area contributed by atoms with Crippen molar-refractivity contribution in [1.29, 1.82) is 0 Å². The third kappa shape index (κ3) is 4.00. The van der Waals surface area contributed by atoms with Crippen molar-refractivity contribution in [3.63, 3.8) is 0 Å². The van der Waals surface area contributed by atoms with Crippen LogP contribution < -0.4 is 10.6 Å². The Morgan fingerprint density at radius 2 is 2.29 bits per heavy atom. The zero-order chi connectivity index (χ0) is 12.1. The molecule has 0 spiro atoms. The molecule has 94 valence electrons. The van der Waals surface area contributed by atoms with Gasteiger partial charge in [-0.25, -0.2) is 9.78 Å². The summed E-state index contributed by atoms with van der Waals surface area (Å²) in [7, 11) is 0. The van der Waals surface area contributed by atoms with Crippen molar-refractivity contribution in [2.45, 2.75) is 45.1 Å². The maximum atomic E-state index is 11.6. The molecule has 17 heavy (non-hydrogen) atoms. The van der Waals surface area contributed by atoms with Gasteiger partial charge in [0.25, 0.3) is 0 Å². The van der Waals surface area contributed by atoms with E-state index in [9.17, 15) is 4.79 Å². The minimum Gasteiger partial charge on any atom is -0.338 e. The maximum Gasteiger partial charge on any atom is 0.315 e. The molecule has 4 nitrogen and oxygen atoms in total. The molecule has 5 heteroatoms. The van der Waals surface area contributed by atoms with Crippen LogP contribution in [0.4, 0.5) is 4.79 Å². The molecule has 1 aliphatic rings. The van der Waals surface area contributed by atoms with Gasteiger partial charge in [-0.15, -0.1) is 11.3 Å². The average Bonchev–Trinajstić information content (AvgIpc) is 2.90. The molecule has 2 N–H and O–H groups in total. The molecule has 0 bridgehead atoms. The maximum absolute atomic E-state index is 11.6. The van der Waals surface area contributed by atoms with Crippen LogP contribution in [0.25, 0.3) is 0 Å². The van der Waals surface area contributed by atoms with E-state index in [-0.39, 0.29) is 6.03 Å². The van der Waals surface area contributed by atoms with Gasteiger partial charge in [-0.05, 0) is 19.8 Å². The van der Waals surface area contributed by atoms with Crippen molar-refractivity contribution < 1.29 is 4.79 Å². The number of nitrogens with one attached hydrogen (secondary N) is 2. The second-order valence-electron chi connectivity index (χ2n) is 4.49. The number of carbonyl (C=O) groups excluding carboxylic acids is 1. The topological polar surface area (TPSA) is 54.0 Å². The van der Waals surface area contributed by atoms with Crippen LogP contribution in [0.3, 0.4) is 0 Å². The minimum absolute atomic E-state index is 0.0381. The first-order chi connectivity index (χ1) is 8.24. The van der Waals surface area contributed by atoms with Crippen LogP contribution in [0.1, 0.15) is 36.4 Å². The molecule has 0 aromatic carbocycles. The number of thiazole rings is 1. The standard InChI is InChI=1S/C12H19N3OS/c1-9-14-11(8-17-9)6-7-13-12(16)15-10-4-2-3-5-10/h8,10H,2-7H2,1H3,(H2,13,15,16). The lowest BCUT2D eigenvalue weighted by atomic mass is 10.2. The number of aryl methyl sites for hydroxylation is 1. The monoisotopic (exact) mass is 253 g/mol. The fraction of sp³-hybridized carbons (Fsp3) is 0.667. The summed E-state index contributed by atoms with van der Waals surface area (Å²) in [6.07, 6.45) is 5.53. The number of carbonyl (C=O) groups is 1. The number of aromatic nitrogens is 1. The van der Waals surface area contributed by atoms with Crippen LogP contribution in [-0.2, 0) is 6.42 Å². The van der Waals surface area contributed by atoms with E-state index >= 15 is 0 Å². The third-order valence-corrected chi connectivity index (χ3v) is 3.85. The summed E-state index contributed by atoms with van der Waals surface area (Å²) in [5.41, 5.74) is 1.06. The van der Waals surface area contributed by atoms with Crippen molar-refractivity contribution in [1.82, 2.24) is 15.6 Å². The summed E-state index contributed by atoms with van der Waals surface area (Å²) in [4.78, 5) is 15.9. The van der Waals surface area contributed by atoms with Crippen LogP contribution >= 0.6 is 11.3 Å². The normalized spacial score (nSPS) is 16.1. The highest BCUT2D eigenvalue weighted by atomic mass is 32.1. The number of hydrogen-bond donors (Lipinski definition) is 2. The van der Waals surface area contributed by atoms with Crippen LogP contribution in [0.5, 0.6) is 0 Å². The fourth-order valence-corrected chi connectivity index (χ4v) is 2.78. The van der Waals surface area contributed by atoms with Gasteiger partial charge >= 0.3 is 6.03 Å². The van der Waals surface area contributed by atoms with E-state index in [1.165, 1.54) is 12.8 Å². The van der Waals surface area contributed by atoms with Gasteiger partial charge in [0.2, 0.25) is 0 Å². The van der Waals surface area contributed by atoms with Crippen molar-refractivity contribution in [3.8, 4) is 0 Å². The zero-order valence-corrected chi connectivity index (χ0v) is 11.0. The molecular formula is C12H19N3OS. The van der Waals surface area contributed by atoms with Gasteiger partial charge in [0.1, 0.15) is 0 Å². The van der Waals surface area contributed by atoms with Crippen LogP contribution in [0.2, 0.25) is 0 Å². The molecule has 2 rings (SSSR count). The SMILES string of the molecule is Cc1nc(CCNC(=O)NC2CCCC2)cs1. The van der Waals surface area contributed by atoms with Crippen LogP contribution in [0.15, 0.2) is 5.38 Å². The quantitative estimate of drug-likeness (QED) is 0.864. The highest BCUT2D eigenvalue weighted by molar-refractivity contribution is 7.09. The van der Waals surface area contributed by atoms with Gasteiger partial charge in [-0.1, -0.05) is 12.8 Å². The molecule has 0 unspecified atom stereocenters. The summed E-state index contributed by atoms with van der Waals surface area (Å²) >= 11 is 1.65. The predicted molar refractivity (Wildman–Crippen MR) is 69.3 cm³/mol. The number of rotatable bonds is 4. The van der Waals surface area contributed by atoms with Gasteiger partial charge in [-0.2, -0.15) is 0 Å². The third-order valence-electron chi connectivity index (χ3n) is 3.02. The molecule has 2 amide bonds. The van der Waals surface area contributed by atoms with E-state index in [0.717, 1.165) is 30.0 Å². The summed E-state index contributed by atoms with van der Waals surface area (Å²) in [6.45, 7) is 2.65. The Morgan fingerprint density at radius 3 is 2.94 bits per heavy atom. The van der Waals surface area contributed by atoms with Gasteiger partial charge in [0.15, 0.2) is 0 Å².